The highest BCUT2D eigenvalue weighted by Crippen LogP contribution is 2.22. The largest absolute Gasteiger partial charge is 0.398 e. The molecular weight excluding hydrogens is 262 g/mol. The van der Waals surface area contributed by atoms with E-state index in [0.29, 0.717) is 18.7 Å². The van der Waals surface area contributed by atoms with Gasteiger partial charge in [0.05, 0.1) is 0 Å². The number of likely N-dealkylation sites (N-methyl/N-ethyl adjacent to an activating group) is 1. The molecule has 8 heteroatoms. The number of sulfonamides is 1. The second kappa shape index (κ2) is 4.28. The van der Waals surface area contributed by atoms with Crippen molar-refractivity contribution in [3.05, 3.63) is 11.4 Å². The Balaban J connectivity index is 2.16. The molecule has 1 unspecified atom stereocenters. The fourth-order valence-corrected chi connectivity index (χ4v) is 3.97. The zero-order valence-electron chi connectivity index (χ0n) is 9.21. The van der Waals surface area contributed by atoms with Crippen LogP contribution in [0.3, 0.4) is 0 Å². The Hall–Kier alpha value is -1.12. The van der Waals surface area contributed by atoms with E-state index in [9.17, 15) is 13.2 Å². The number of nitrogens with zero attached hydrogens (tertiary/aromatic N) is 1. The second-order valence-corrected chi connectivity index (χ2v) is 6.77. The number of thiophene rings is 1. The van der Waals surface area contributed by atoms with Crippen molar-refractivity contribution in [3.63, 3.8) is 0 Å². The van der Waals surface area contributed by atoms with Crippen LogP contribution in [0.15, 0.2) is 15.7 Å². The van der Waals surface area contributed by atoms with E-state index in [0.717, 1.165) is 11.3 Å². The normalized spacial score (nSPS) is 21.1. The van der Waals surface area contributed by atoms with Gasteiger partial charge in [-0.05, 0) is 12.5 Å². The predicted octanol–water partition coefficient (Wildman–Crippen LogP) is -0.161. The van der Waals surface area contributed by atoms with Crippen molar-refractivity contribution in [1.29, 1.82) is 0 Å². The van der Waals surface area contributed by atoms with Gasteiger partial charge < -0.3 is 10.6 Å². The van der Waals surface area contributed by atoms with E-state index in [1.165, 1.54) is 11.0 Å². The summed E-state index contributed by atoms with van der Waals surface area (Å²) in [5, 5.41) is 1.55. The van der Waals surface area contributed by atoms with Gasteiger partial charge in [0.2, 0.25) is 5.91 Å². The Morgan fingerprint density at radius 1 is 1.59 bits per heavy atom. The van der Waals surface area contributed by atoms with Gasteiger partial charge in [0, 0.05) is 24.7 Å². The predicted molar refractivity (Wildman–Crippen MR) is 65.1 cm³/mol. The fourth-order valence-electron chi connectivity index (χ4n) is 1.65. The van der Waals surface area contributed by atoms with Crippen molar-refractivity contribution >= 4 is 33.0 Å². The van der Waals surface area contributed by atoms with Gasteiger partial charge in [-0.3, -0.25) is 4.79 Å². The summed E-state index contributed by atoms with van der Waals surface area (Å²) in [5.74, 6) is -0.196. The molecule has 2 rings (SSSR count). The summed E-state index contributed by atoms with van der Waals surface area (Å²) in [6.07, 6.45) is 0.495. The van der Waals surface area contributed by atoms with E-state index >= 15 is 0 Å². The molecule has 2 heterocycles. The third-order valence-corrected chi connectivity index (χ3v) is 5.51. The first-order valence-corrected chi connectivity index (χ1v) is 7.38. The smallest absolute Gasteiger partial charge is 0.250 e. The third kappa shape index (κ3) is 2.43. The number of anilines is 1. The maximum absolute atomic E-state index is 11.9. The summed E-state index contributed by atoms with van der Waals surface area (Å²) < 4.78 is 26.4. The summed E-state index contributed by atoms with van der Waals surface area (Å²) in [6.45, 7) is 0.568. The molecule has 1 aromatic heterocycles. The standard InChI is InChI=1S/C9H13N3O3S2/c1-12-3-2-7(9(12)13)11-17(14,15)8-4-6(10)5-16-8/h4-5,7,11H,2-3,10H2,1H3. The highest BCUT2D eigenvalue weighted by atomic mass is 32.2. The van der Waals surface area contributed by atoms with Crippen molar-refractivity contribution < 1.29 is 13.2 Å². The number of nitrogens with one attached hydrogen (secondary N) is 1. The molecule has 0 radical (unpaired) electrons. The number of hydrogen-bond donors (Lipinski definition) is 2. The number of carbonyl (C=O) groups is 1. The Bertz CT molecular complexity index is 537. The topological polar surface area (TPSA) is 92.5 Å². The summed E-state index contributed by atoms with van der Waals surface area (Å²) in [7, 11) is -1.99. The lowest BCUT2D eigenvalue weighted by molar-refractivity contribution is -0.127. The highest BCUT2D eigenvalue weighted by Gasteiger charge is 2.33. The SMILES string of the molecule is CN1CCC(NS(=O)(=O)c2cc(N)cs2)C1=O. The van der Waals surface area contributed by atoms with Crippen LogP contribution in [0.2, 0.25) is 0 Å². The number of carbonyl (C=O) groups excluding carboxylic acids is 1. The van der Waals surface area contributed by atoms with E-state index < -0.39 is 16.1 Å². The lowest BCUT2D eigenvalue weighted by Crippen LogP contribution is -2.40. The minimum absolute atomic E-state index is 0.136. The Kier molecular flexibility index (Phi) is 3.11. The minimum atomic E-state index is -3.64. The first kappa shape index (κ1) is 12.3. The van der Waals surface area contributed by atoms with Gasteiger partial charge in [-0.2, -0.15) is 4.72 Å². The molecule has 0 saturated carbocycles. The highest BCUT2D eigenvalue weighted by molar-refractivity contribution is 7.91. The van der Waals surface area contributed by atoms with Crippen LogP contribution >= 0.6 is 11.3 Å². The Morgan fingerprint density at radius 2 is 2.29 bits per heavy atom. The second-order valence-electron chi connectivity index (χ2n) is 3.92. The molecule has 17 heavy (non-hydrogen) atoms. The Morgan fingerprint density at radius 3 is 2.76 bits per heavy atom. The first-order valence-electron chi connectivity index (χ1n) is 5.01. The minimum Gasteiger partial charge on any atom is -0.398 e. The first-order chi connectivity index (χ1) is 7.90. The molecule has 0 aromatic carbocycles. The van der Waals surface area contributed by atoms with Crippen molar-refractivity contribution in [3.8, 4) is 0 Å². The summed E-state index contributed by atoms with van der Waals surface area (Å²) in [4.78, 5) is 13.1. The quantitative estimate of drug-likeness (QED) is 0.801. The van der Waals surface area contributed by atoms with Crippen LogP contribution < -0.4 is 10.5 Å². The summed E-state index contributed by atoms with van der Waals surface area (Å²) in [6, 6.07) is 0.726. The van der Waals surface area contributed by atoms with Gasteiger partial charge >= 0.3 is 0 Å². The molecule has 1 aromatic rings. The van der Waals surface area contributed by atoms with E-state index in [4.69, 9.17) is 5.73 Å². The maximum Gasteiger partial charge on any atom is 0.250 e. The van der Waals surface area contributed by atoms with Crippen LogP contribution in [0, 0.1) is 0 Å². The summed E-state index contributed by atoms with van der Waals surface area (Å²) in [5.41, 5.74) is 5.88. The van der Waals surface area contributed by atoms with Gasteiger partial charge in [-0.15, -0.1) is 11.3 Å². The number of nitrogen functional groups attached to an aromatic ring is 1. The van der Waals surface area contributed by atoms with E-state index in [1.54, 1.807) is 12.4 Å². The third-order valence-electron chi connectivity index (χ3n) is 2.59. The molecule has 6 nitrogen and oxygen atoms in total. The van der Waals surface area contributed by atoms with Crippen LogP contribution in [0.25, 0.3) is 0 Å². The molecule has 1 atom stereocenters. The number of rotatable bonds is 3. The van der Waals surface area contributed by atoms with Gasteiger partial charge in [-0.1, -0.05) is 0 Å². The number of nitrogens with two attached hydrogens (primary N) is 1. The monoisotopic (exact) mass is 275 g/mol. The lowest BCUT2D eigenvalue weighted by atomic mass is 10.3. The zero-order chi connectivity index (χ0) is 12.6. The van der Waals surface area contributed by atoms with E-state index in [2.05, 4.69) is 4.72 Å². The van der Waals surface area contributed by atoms with Crippen LogP contribution in [0.4, 0.5) is 5.69 Å². The molecule has 0 aliphatic carbocycles. The molecule has 0 bridgehead atoms. The van der Waals surface area contributed by atoms with Crippen molar-refractivity contribution in [1.82, 2.24) is 9.62 Å². The van der Waals surface area contributed by atoms with E-state index in [1.807, 2.05) is 0 Å². The van der Waals surface area contributed by atoms with Gasteiger partial charge in [0.25, 0.3) is 10.0 Å². The Labute approximate surface area is 103 Å². The average Bonchev–Trinajstić information content (AvgIpc) is 2.80. The van der Waals surface area contributed by atoms with Crippen LogP contribution in [0.1, 0.15) is 6.42 Å². The fraction of sp³-hybridized carbons (Fsp3) is 0.444. The van der Waals surface area contributed by atoms with E-state index in [-0.39, 0.29) is 10.1 Å². The number of hydrogen-bond acceptors (Lipinski definition) is 5. The van der Waals surface area contributed by atoms with Gasteiger partial charge in [-0.25, -0.2) is 8.42 Å². The molecule has 0 spiro atoms. The van der Waals surface area contributed by atoms with Gasteiger partial charge in [0.15, 0.2) is 0 Å². The van der Waals surface area contributed by atoms with Crippen LogP contribution in [-0.2, 0) is 14.8 Å². The zero-order valence-corrected chi connectivity index (χ0v) is 10.8. The van der Waals surface area contributed by atoms with Crippen LogP contribution in [0.5, 0.6) is 0 Å². The molecule has 1 amide bonds. The average molecular weight is 275 g/mol. The number of likely N-dealkylation sites (tertiary alicyclic amines) is 1. The molecule has 1 aliphatic rings. The maximum atomic E-state index is 11.9. The molecule has 1 aliphatic heterocycles. The molecule has 3 N–H and O–H groups in total. The summed E-state index contributed by atoms with van der Waals surface area (Å²) >= 11 is 1.04. The van der Waals surface area contributed by atoms with Crippen molar-refractivity contribution in [2.75, 3.05) is 19.3 Å². The van der Waals surface area contributed by atoms with Crippen molar-refractivity contribution in [2.45, 2.75) is 16.7 Å². The lowest BCUT2D eigenvalue weighted by Gasteiger charge is -2.11. The molecular formula is C9H13N3O3S2. The van der Waals surface area contributed by atoms with Crippen molar-refractivity contribution in [2.24, 2.45) is 0 Å². The van der Waals surface area contributed by atoms with Crippen LogP contribution in [-0.4, -0.2) is 38.9 Å². The number of amides is 1. The molecule has 1 fully saturated rings. The van der Waals surface area contributed by atoms with Gasteiger partial charge in [0.1, 0.15) is 10.3 Å². The molecule has 94 valence electrons. The molecule has 1 saturated heterocycles.